The van der Waals surface area contributed by atoms with Crippen LogP contribution in [0.4, 0.5) is 0 Å². The highest BCUT2D eigenvalue weighted by atomic mass is 35.5. The summed E-state index contributed by atoms with van der Waals surface area (Å²) >= 11 is 11.2. The van der Waals surface area contributed by atoms with Crippen molar-refractivity contribution in [2.45, 2.75) is 13.0 Å². The summed E-state index contributed by atoms with van der Waals surface area (Å²) in [6.45, 7) is 2.09. The number of hydrogen-bond donors (Lipinski definition) is 1. The zero-order valence-electron chi connectivity index (χ0n) is 9.74. The SMILES string of the molecule is COc1ccc(C(C)N)c(OC/C(Cl)=C/Cl)c1. The molecule has 0 bridgehead atoms. The first-order valence-electron chi connectivity index (χ1n) is 5.09. The summed E-state index contributed by atoms with van der Waals surface area (Å²) in [6, 6.07) is 5.35. The Morgan fingerprint density at radius 2 is 2.24 bits per heavy atom. The molecule has 1 atom stereocenters. The topological polar surface area (TPSA) is 44.5 Å². The van der Waals surface area contributed by atoms with E-state index >= 15 is 0 Å². The molecule has 2 N–H and O–H groups in total. The third kappa shape index (κ3) is 4.11. The number of rotatable bonds is 5. The third-order valence-electron chi connectivity index (χ3n) is 2.20. The highest BCUT2D eigenvalue weighted by molar-refractivity contribution is 6.36. The predicted octanol–water partition coefficient (Wildman–Crippen LogP) is 3.41. The van der Waals surface area contributed by atoms with Crippen molar-refractivity contribution in [3.8, 4) is 11.5 Å². The van der Waals surface area contributed by atoms with Crippen molar-refractivity contribution in [3.05, 3.63) is 34.3 Å². The molecule has 0 aliphatic rings. The smallest absolute Gasteiger partial charge is 0.128 e. The van der Waals surface area contributed by atoms with Crippen LogP contribution in [0.5, 0.6) is 11.5 Å². The summed E-state index contributed by atoms with van der Waals surface area (Å²) < 4.78 is 10.7. The van der Waals surface area contributed by atoms with Gasteiger partial charge in [-0.2, -0.15) is 0 Å². The maximum Gasteiger partial charge on any atom is 0.128 e. The second kappa shape index (κ2) is 6.74. The molecule has 94 valence electrons. The van der Waals surface area contributed by atoms with Crippen molar-refractivity contribution in [2.75, 3.05) is 13.7 Å². The molecular formula is C12H15Cl2NO2. The Hall–Kier alpha value is -0.900. The van der Waals surface area contributed by atoms with Gasteiger partial charge in [-0.3, -0.25) is 0 Å². The van der Waals surface area contributed by atoms with Gasteiger partial charge in [0.2, 0.25) is 0 Å². The Labute approximate surface area is 111 Å². The Balaban J connectivity index is 2.93. The molecule has 0 radical (unpaired) electrons. The van der Waals surface area contributed by atoms with Crippen LogP contribution < -0.4 is 15.2 Å². The summed E-state index contributed by atoms with van der Waals surface area (Å²) in [5.74, 6) is 1.35. The van der Waals surface area contributed by atoms with Crippen LogP contribution in [-0.2, 0) is 0 Å². The number of hydrogen-bond acceptors (Lipinski definition) is 3. The standard InChI is InChI=1S/C12H15Cl2NO2/c1-8(15)11-4-3-10(16-2)5-12(11)17-7-9(14)6-13/h3-6,8H,7,15H2,1-2H3/b9-6-. The van der Waals surface area contributed by atoms with E-state index < -0.39 is 0 Å². The first kappa shape index (κ1) is 14.2. The van der Waals surface area contributed by atoms with Crippen molar-refractivity contribution in [2.24, 2.45) is 5.73 Å². The van der Waals surface area contributed by atoms with E-state index in [9.17, 15) is 0 Å². The lowest BCUT2D eigenvalue weighted by atomic mass is 10.1. The molecule has 0 fully saturated rings. The zero-order chi connectivity index (χ0) is 12.8. The van der Waals surface area contributed by atoms with Gasteiger partial charge in [-0.15, -0.1) is 0 Å². The predicted molar refractivity (Wildman–Crippen MR) is 70.9 cm³/mol. The molecule has 1 aromatic carbocycles. The van der Waals surface area contributed by atoms with Crippen molar-refractivity contribution in [3.63, 3.8) is 0 Å². The van der Waals surface area contributed by atoms with Crippen LogP contribution in [0.25, 0.3) is 0 Å². The van der Waals surface area contributed by atoms with E-state index in [1.807, 2.05) is 19.1 Å². The van der Waals surface area contributed by atoms with Crippen molar-refractivity contribution in [1.29, 1.82) is 0 Å². The first-order chi connectivity index (χ1) is 8.08. The van der Waals surface area contributed by atoms with Gasteiger partial charge in [0.05, 0.1) is 12.1 Å². The number of methoxy groups -OCH3 is 1. The molecule has 0 saturated heterocycles. The summed E-state index contributed by atoms with van der Waals surface area (Å²) in [4.78, 5) is 0. The third-order valence-corrected chi connectivity index (χ3v) is 2.79. The minimum Gasteiger partial charge on any atom is -0.497 e. The van der Waals surface area contributed by atoms with Gasteiger partial charge < -0.3 is 15.2 Å². The number of ether oxygens (including phenoxy) is 2. The quantitative estimate of drug-likeness (QED) is 0.896. The van der Waals surface area contributed by atoms with Crippen LogP contribution in [0.2, 0.25) is 0 Å². The fourth-order valence-corrected chi connectivity index (χ4v) is 1.44. The van der Waals surface area contributed by atoms with E-state index in [0.717, 1.165) is 5.56 Å². The lowest BCUT2D eigenvalue weighted by Crippen LogP contribution is -2.09. The summed E-state index contributed by atoms with van der Waals surface area (Å²) in [6.07, 6.45) is 0. The molecule has 17 heavy (non-hydrogen) atoms. The van der Waals surface area contributed by atoms with Gasteiger partial charge in [0.1, 0.15) is 18.1 Å². The van der Waals surface area contributed by atoms with Gasteiger partial charge in [0.25, 0.3) is 0 Å². The molecule has 0 saturated carbocycles. The van der Waals surface area contributed by atoms with E-state index in [4.69, 9.17) is 38.4 Å². The Bertz CT molecular complexity index is 405. The van der Waals surface area contributed by atoms with Crippen molar-refractivity contribution >= 4 is 23.2 Å². The molecule has 1 unspecified atom stereocenters. The van der Waals surface area contributed by atoms with E-state index in [-0.39, 0.29) is 12.6 Å². The van der Waals surface area contributed by atoms with Crippen molar-refractivity contribution in [1.82, 2.24) is 0 Å². The molecule has 0 aliphatic carbocycles. The van der Waals surface area contributed by atoms with Crippen LogP contribution in [0.15, 0.2) is 28.8 Å². The monoisotopic (exact) mass is 275 g/mol. The maximum absolute atomic E-state index is 5.85. The molecule has 0 amide bonds. The van der Waals surface area contributed by atoms with Crippen LogP contribution in [0.3, 0.4) is 0 Å². The summed E-state index contributed by atoms with van der Waals surface area (Å²) in [7, 11) is 1.59. The van der Waals surface area contributed by atoms with Crippen LogP contribution in [0, 0.1) is 0 Å². The molecule has 3 nitrogen and oxygen atoms in total. The Morgan fingerprint density at radius 1 is 1.53 bits per heavy atom. The number of benzene rings is 1. The van der Waals surface area contributed by atoms with Gasteiger partial charge in [0, 0.05) is 23.2 Å². The van der Waals surface area contributed by atoms with Crippen LogP contribution >= 0.6 is 23.2 Å². The normalized spacial score (nSPS) is 13.4. The van der Waals surface area contributed by atoms with E-state index in [0.29, 0.717) is 16.5 Å². The average molecular weight is 276 g/mol. The minimum atomic E-state index is -0.130. The highest BCUT2D eigenvalue weighted by Crippen LogP contribution is 2.29. The fourth-order valence-electron chi connectivity index (χ4n) is 1.32. The lowest BCUT2D eigenvalue weighted by Gasteiger charge is -2.14. The van der Waals surface area contributed by atoms with Crippen LogP contribution in [-0.4, -0.2) is 13.7 Å². The highest BCUT2D eigenvalue weighted by Gasteiger charge is 2.10. The second-order valence-corrected chi connectivity index (χ2v) is 4.24. The summed E-state index contributed by atoms with van der Waals surface area (Å²) in [5.41, 5.74) is 8.01. The van der Waals surface area contributed by atoms with E-state index in [1.54, 1.807) is 13.2 Å². The van der Waals surface area contributed by atoms with Crippen LogP contribution in [0.1, 0.15) is 18.5 Å². The van der Waals surface area contributed by atoms with E-state index in [1.165, 1.54) is 5.54 Å². The second-order valence-electron chi connectivity index (χ2n) is 3.54. The zero-order valence-corrected chi connectivity index (χ0v) is 11.3. The van der Waals surface area contributed by atoms with Gasteiger partial charge in [-0.05, 0) is 13.0 Å². The first-order valence-corrected chi connectivity index (χ1v) is 5.91. The van der Waals surface area contributed by atoms with Gasteiger partial charge in [0.15, 0.2) is 0 Å². The Morgan fingerprint density at radius 3 is 2.76 bits per heavy atom. The maximum atomic E-state index is 5.85. The average Bonchev–Trinajstić information content (AvgIpc) is 2.35. The molecule has 1 rings (SSSR count). The minimum absolute atomic E-state index is 0.130. The number of halogens is 2. The molecule has 0 spiro atoms. The molecule has 0 heterocycles. The van der Waals surface area contributed by atoms with Gasteiger partial charge in [-0.25, -0.2) is 0 Å². The molecule has 0 aromatic heterocycles. The van der Waals surface area contributed by atoms with Crippen molar-refractivity contribution < 1.29 is 9.47 Å². The number of nitrogens with two attached hydrogens (primary N) is 1. The van der Waals surface area contributed by atoms with E-state index in [2.05, 4.69) is 0 Å². The fraction of sp³-hybridized carbons (Fsp3) is 0.333. The molecule has 1 aromatic rings. The molecule has 0 aliphatic heterocycles. The summed E-state index contributed by atoms with van der Waals surface area (Å²) in [5, 5.41) is 0.421. The van der Waals surface area contributed by atoms with Gasteiger partial charge in [-0.1, -0.05) is 29.3 Å². The van der Waals surface area contributed by atoms with Gasteiger partial charge >= 0.3 is 0 Å². The molecular weight excluding hydrogens is 261 g/mol. The lowest BCUT2D eigenvalue weighted by molar-refractivity contribution is 0.348. The largest absolute Gasteiger partial charge is 0.497 e. The Kier molecular flexibility index (Phi) is 5.62. The molecule has 5 heteroatoms.